The van der Waals surface area contributed by atoms with Crippen LogP contribution in [-0.2, 0) is 16.1 Å². The fourth-order valence-corrected chi connectivity index (χ4v) is 3.94. The normalized spacial score (nSPS) is 16.3. The van der Waals surface area contributed by atoms with Gasteiger partial charge < -0.3 is 10.2 Å². The number of rotatable bonds is 6. The van der Waals surface area contributed by atoms with Gasteiger partial charge in [0.2, 0.25) is 11.8 Å². The Morgan fingerprint density at radius 2 is 2.04 bits per heavy atom. The van der Waals surface area contributed by atoms with Gasteiger partial charge in [0, 0.05) is 56.9 Å². The second-order valence-electron chi connectivity index (χ2n) is 6.49. The van der Waals surface area contributed by atoms with E-state index in [4.69, 9.17) is 0 Å². The lowest BCUT2D eigenvalue weighted by atomic mass is 10.1. The second kappa shape index (κ2) is 8.91. The van der Waals surface area contributed by atoms with E-state index >= 15 is 0 Å². The number of nitrogens with one attached hydrogen (secondary N) is 1. The van der Waals surface area contributed by atoms with Crippen LogP contribution in [0.4, 0.5) is 0 Å². The van der Waals surface area contributed by atoms with Crippen LogP contribution in [-0.4, -0.2) is 52.8 Å². The molecular weight excluding hydrogens is 348 g/mol. The Kier molecular flexibility index (Phi) is 6.35. The van der Waals surface area contributed by atoms with Gasteiger partial charge in [0.05, 0.1) is 12.5 Å². The predicted molar refractivity (Wildman–Crippen MR) is 102 cm³/mol. The van der Waals surface area contributed by atoms with E-state index in [9.17, 15) is 9.59 Å². The number of carbonyl (C=O) groups excluding carboxylic acids is 2. The molecule has 0 aromatic carbocycles. The highest BCUT2D eigenvalue weighted by Crippen LogP contribution is 2.23. The van der Waals surface area contributed by atoms with Gasteiger partial charge in [-0.3, -0.25) is 19.5 Å². The van der Waals surface area contributed by atoms with Crippen molar-refractivity contribution in [2.45, 2.75) is 25.9 Å². The van der Waals surface area contributed by atoms with Crippen molar-refractivity contribution in [3.8, 4) is 0 Å². The minimum Gasteiger partial charge on any atom is -0.348 e. The first kappa shape index (κ1) is 18.5. The van der Waals surface area contributed by atoms with Crippen molar-refractivity contribution in [3.05, 3.63) is 52.5 Å². The van der Waals surface area contributed by atoms with Gasteiger partial charge in [0.15, 0.2) is 0 Å². The summed E-state index contributed by atoms with van der Waals surface area (Å²) >= 11 is 1.56. The molecule has 138 valence electrons. The van der Waals surface area contributed by atoms with Crippen molar-refractivity contribution in [2.75, 3.05) is 26.2 Å². The molecule has 0 unspecified atom stereocenters. The van der Waals surface area contributed by atoms with Gasteiger partial charge in [-0.15, -0.1) is 11.3 Å². The van der Waals surface area contributed by atoms with E-state index in [0.717, 1.165) is 37.6 Å². The number of carbonyl (C=O) groups is 2. The molecule has 1 N–H and O–H groups in total. The average molecular weight is 372 g/mol. The Labute approximate surface area is 157 Å². The molecule has 1 fully saturated rings. The third kappa shape index (κ3) is 5.12. The maximum Gasteiger partial charge on any atom is 0.225 e. The summed E-state index contributed by atoms with van der Waals surface area (Å²) in [5.41, 5.74) is 1.19. The van der Waals surface area contributed by atoms with Crippen molar-refractivity contribution in [1.82, 2.24) is 20.1 Å². The number of aromatic nitrogens is 1. The molecule has 0 radical (unpaired) electrons. The molecule has 0 spiro atoms. The molecule has 1 aliphatic heterocycles. The third-order valence-electron chi connectivity index (χ3n) is 4.50. The third-order valence-corrected chi connectivity index (χ3v) is 5.48. The monoisotopic (exact) mass is 372 g/mol. The first-order chi connectivity index (χ1) is 12.6. The van der Waals surface area contributed by atoms with Crippen LogP contribution in [0.3, 0.4) is 0 Å². The highest BCUT2D eigenvalue weighted by Gasteiger charge is 2.25. The van der Waals surface area contributed by atoms with E-state index in [1.807, 2.05) is 34.7 Å². The Balaban J connectivity index is 1.51. The number of hydrogen-bond donors (Lipinski definition) is 1. The lowest BCUT2D eigenvalue weighted by molar-refractivity contribution is -0.133. The fourth-order valence-electron chi connectivity index (χ4n) is 3.17. The van der Waals surface area contributed by atoms with Crippen LogP contribution in [0.15, 0.2) is 42.0 Å². The van der Waals surface area contributed by atoms with Crippen LogP contribution in [0.1, 0.15) is 29.8 Å². The largest absolute Gasteiger partial charge is 0.348 e. The topological polar surface area (TPSA) is 65.5 Å². The molecule has 2 amide bonds. The molecule has 0 aliphatic carbocycles. The molecule has 6 nitrogen and oxygen atoms in total. The number of thiophene rings is 1. The van der Waals surface area contributed by atoms with Gasteiger partial charge in [0.1, 0.15) is 0 Å². The lowest BCUT2D eigenvalue weighted by Gasteiger charge is -2.35. The zero-order chi connectivity index (χ0) is 18.4. The van der Waals surface area contributed by atoms with Gasteiger partial charge in [-0.2, -0.15) is 0 Å². The van der Waals surface area contributed by atoms with Crippen LogP contribution >= 0.6 is 11.3 Å². The zero-order valence-electron chi connectivity index (χ0n) is 14.9. The Morgan fingerprint density at radius 3 is 2.65 bits per heavy atom. The van der Waals surface area contributed by atoms with Crippen molar-refractivity contribution < 1.29 is 9.59 Å². The number of hydrogen-bond acceptors (Lipinski definition) is 5. The number of pyridine rings is 1. The summed E-state index contributed by atoms with van der Waals surface area (Å²) in [7, 11) is 0. The van der Waals surface area contributed by atoms with Crippen molar-refractivity contribution in [2.24, 2.45) is 0 Å². The van der Waals surface area contributed by atoms with Crippen molar-refractivity contribution >= 4 is 23.2 Å². The number of piperazine rings is 1. The summed E-state index contributed by atoms with van der Waals surface area (Å²) in [6, 6.07) is 7.68. The van der Waals surface area contributed by atoms with Crippen LogP contribution < -0.4 is 5.32 Å². The van der Waals surface area contributed by atoms with Crippen LogP contribution in [0, 0.1) is 0 Å². The van der Waals surface area contributed by atoms with Crippen LogP contribution in [0.5, 0.6) is 0 Å². The standard InChI is InChI=1S/C19H24N4O2S/c1-15(24)21-17(18-5-3-11-26-18)12-19(25)23-9-7-22(8-10-23)14-16-4-2-6-20-13-16/h2-6,11,13,17H,7-10,12,14H2,1H3,(H,21,24)/t17-/m0/s1. The van der Waals surface area contributed by atoms with Crippen molar-refractivity contribution in [1.29, 1.82) is 0 Å². The molecule has 1 atom stereocenters. The molecule has 2 aromatic heterocycles. The van der Waals surface area contributed by atoms with E-state index in [1.165, 1.54) is 12.5 Å². The number of amides is 2. The molecule has 2 aromatic rings. The fraction of sp³-hybridized carbons (Fsp3) is 0.421. The molecule has 0 bridgehead atoms. The summed E-state index contributed by atoms with van der Waals surface area (Å²) in [6.07, 6.45) is 3.97. The van der Waals surface area contributed by atoms with Gasteiger partial charge in [-0.05, 0) is 23.1 Å². The predicted octanol–water partition coefficient (Wildman–Crippen LogP) is 2.05. The maximum atomic E-state index is 12.7. The van der Waals surface area contributed by atoms with E-state index in [2.05, 4.69) is 21.3 Å². The molecular formula is C19H24N4O2S. The summed E-state index contributed by atoms with van der Waals surface area (Å²) in [5, 5.41) is 4.86. The summed E-state index contributed by atoms with van der Waals surface area (Å²) in [6.45, 7) is 5.49. The van der Waals surface area contributed by atoms with Crippen LogP contribution in [0.25, 0.3) is 0 Å². The van der Waals surface area contributed by atoms with Gasteiger partial charge in [-0.1, -0.05) is 12.1 Å². The highest BCUT2D eigenvalue weighted by atomic mass is 32.1. The van der Waals surface area contributed by atoms with Gasteiger partial charge in [-0.25, -0.2) is 0 Å². The SMILES string of the molecule is CC(=O)N[C@@H](CC(=O)N1CCN(Cc2cccnc2)CC1)c1cccs1. The van der Waals surface area contributed by atoms with E-state index < -0.39 is 0 Å². The molecule has 3 heterocycles. The van der Waals surface area contributed by atoms with Crippen molar-refractivity contribution in [3.63, 3.8) is 0 Å². The summed E-state index contributed by atoms with van der Waals surface area (Å²) in [4.78, 5) is 33.6. The van der Waals surface area contributed by atoms with E-state index in [1.54, 1.807) is 17.5 Å². The molecule has 0 saturated carbocycles. The van der Waals surface area contributed by atoms with E-state index in [0.29, 0.717) is 6.42 Å². The van der Waals surface area contributed by atoms with E-state index in [-0.39, 0.29) is 17.9 Å². The molecule has 3 rings (SSSR count). The first-order valence-corrected chi connectivity index (χ1v) is 9.69. The smallest absolute Gasteiger partial charge is 0.225 e. The molecule has 1 saturated heterocycles. The second-order valence-corrected chi connectivity index (χ2v) is 7.47. The summed E-state index contributed by atoms with van der Waals surface area (Å²) < 4.78 is 0. The average Bonchev–Trinajstić information content (AvgIpc) is 3.17. The Morgan fingerprint density at radius 1 is 1.23 bits per heavy atom. The van der Waals surface area contributed by atoms with Gasteiger partial charge >= 0.3 is 0 Å². The number of nitrogens with zero attached hydrogens (tertiary/aromatic N) is 3. The maximum absolute atomic E-state index is 12.7. The Bertz CT molecular complexity index is 712. The van der Waals surface area contributed by atoms with Gasteiger partial charge in [0.25, 0.3) is 0 Å². The molecule has 7 heteroatoms. The first-order valence-electron chi connectivity index (χ1n) is 8.81. The minimum atomic E-state index is -0.242. The quantitative estimate of drug-likeness (QED) is 0.843. The lowest BCUT2D eigenvalue weighted by Crippen LogP contribution is -2.49. The van der Waals surface area contributed by atoms with Crippen LogP contribution in [0.2, 0.25) is 0 Å². The molecule has 26 heavy (non-hydrogen) atoms. The highest BCUT2D eigenvalue weighted by molar-refractivity contribution is 7.10. The minimum absolute atomic E-state index is 0.0955. The molecule has 1 aliphatic rings. The Hall–Kier alpha value is -2.25. The zero-order valence-corrected chi connectivity index (χ0v) is 15.7. The summed E-state index contributed by atoms with van der Waals surface area (Å²) in [5.74, 6) is -0.0179.